The van der Waals surface area contributed by atoms with Gasteiger partial charge >= 0.3 is 5.97 Å². The average Bonchev–Trinajstić information content (AvgIpc) is 3.08. The Balaban J connectivity index is 1.46. The zero-order valence-electron chi connectivity index (χ0n) is 20.4. The maximum Gasteiger partial charge on any atom is 0.339 e. The lowest BCUT2D eigenvalue weighted by atomic mass is 9.46. The lowest BCUT2D eigenvalue weighted by Crippen LogP contribution is -2.58. The van der Waals surface area contributed by atoms with Gasteiger partial charge in [-0.25, -0.2) is 4.79 Å². The van der Waals surface area contributed by atoms with Crippen molar-refractivity contribution >= 4 is 17.5 Å². The van der Waals surface area contributed by atoms with E-state index in [0.29, 0.717) is 36.2 Å². The van der Waals surface area contributed by atoms with Gasteiger partial charge in [-0.3, -0.25) is 9.59 Å². The maximum absolute atomic E-state index is 13.2. The van der Waals surface area contributed by atoms with Gasteiger partial charge in [-0.1, -0.05) is 37.1 Å². The van der Waals surface area contributed by atoms with Crippen molar-refractivity contribution in [3.63, 3.8) is 0 Å². The van der Waals surface area contributed by atoms with E-state index in [2.05, 4.69) is 13.8 Å². The molecule has 0 saturated heterocycles. The molecule has 0 radical (unpaired) electrons. The van der Waals surface area contributed by atoms with E-state index in [1.165, 1.54) is 5.57 Å². The van der Waals surface area contributed by atoms with E-state index in [0.717, 1.165) is 44.1 Å². The van der Waals surface area contributed by atoms with Crippen molar-refractivity contribution < 1.29 is 19.1 Å². The van der Waals surface area contributed by atoms with Gasteiger partial charge in [0.2, 0.25) is 0 Å². The van der Waals surface area contributed by atoms with Gasteiger partial charge in [0, 0.05) is 11.8 Å². The molecule has 176 valence electrons. The number of rotatable bonds is 3. The van der Waals surface area contributed by atoms with Gasteiger partial charge in [0.05, 0.1) is 5.56 Å². The van der Waals surface area contributed by atoms with Crippen LogP contribution in [0, 0.1) is 35.5 Å². The Morgan fingerprint density at radius 1 is 0.939 bits per heavy atom. The first-order valence-electron chi connectivity index (χ1n) is 12.7. The number of esters is 1. The Kier molecular flexibility index (Phi) is 5.23. The van der Waals surface area contributed by atoms with E-state index in [9.17, 15) is 14.4 Å². The second-order valence-electron chi connectivity index (χ2n) is 11.6. The molecule has 3 saturated carbocycles. The zero-order chi connectivity index (χ0) is 23.6. The molecule has 4 aliphatic rings. The molecule has 33 heavy (non-hydrogen) atoms. The summed E-state index contributed by atoms with van der Waals surface area (Å²) in [4.78, 5) is 38.5. The van der Waals surface area contributed by atoms with E-state index in [1.54, 1.807) is 19.1 Å². The van der Waals surface area contributed by atoms with Crippen LogP contribution in [0.5, 0.6) is 0 Å². The highest BCUT2D eigenvalue weighted by molar-refractivity contribution is 5.95. The monoisotopic (exact) mass is 448 g/mol. The SMILES string of the molecule is CC(=O)[C@@]1(OC(=O)c2ccc(C)cc2)CCC2C3CCC4=CC(=O)CC[C@]4(C)C3CC[C@@]21C. The number of benzene rings is 1. The van der Waals surface area contributed by atoms with Crippen LogP contribution in [0.25, 0.3) is 0 Å². The summed E-state index contributed by atoms with van der Waals surface area (Å²) in [6, 6.07) is 7.39. The summed E-state index contributed by atoms with van der Waals surface area (Å²) in [5.41, 5.74) is 1.65. The summed E-state index contributed by atoms with van der Waals surface area (Å²) >= 11 is 0. The molecule has 4 aliphatic carbocycles. The van der Waals surface area contributed by atoms with Gasteiger partial charge < -0.3 is 4.74 Å². The van der Waals surface area contributed by atoms with E-state index in [1.807, 2.05) is 25.1 Å². The number of fused-ring (bicyclic) bond motifs is 5. The van der Waals surface area contributed by atoms with Crippen molar-refractivity contribution in [1.82, 2.24) is 0 Å². The van der Waals surface area contributed by atoms with Crippen molar-refractivity contribution in [3.05, 3.63) is 47.0 Å². The van der Waals surface area contributed by atoms with Crippen LogP contribution in [-0.2, 0) is 14.3 Å². The number of aryl methyl sites for hydroxylation is 1. The molecule has 0 aromatic heterocycles. The summed E-state index contributed by atoms with van der Waals surface area (Å²) in [7, 11) is 0. The largest absolute Gasteiger partial charge is 0.447 e. The first-order chi connectivity index (χ1) is 15.6. The highest BCUT2D eigenvalue weighted by Gasteiger charge is 2.67. The molecule has 0 N–H and O–H groups in total. The van der Waals surface area contributed by atoms with Crippen LogP contribution in [0.1, 0.15) is 88.1 Å². The highest BCUT2D eigenvalue weighted by atomic mass is 16.6. The Bertz CT molecular complexity index is 1040. The molecule has 6 atom stereocenters. The van der Waals surface area contributed by atoms with Crippen LogP contribution < -0.4 is 0 Å². The topological polar surface area (TPSA) is 60.4 Å². The van der Waals surface area contributed by atoms with Gasteiger partial charge in [0.15, 0.2) is 17.2 Å². The summed E-state index contributed by atoms with van der Waals surface area (Å²) in [5.74, 6) is 1.29. The molecule has 0 heterocycles. The van der Waals surface area contributed by atoms with Crippen LogP contribution in [0.3, 0.4) is 0 Å². The number of carbonyl (C=O) groups is 3. The maximum atomic E-state index is 13.2. The average molecular weight is 449 g/mol. The second-order valence-corrected chi connectivity index (χ2v) is 11.6. The molecule has 1 aromatic carbocycles. The van der Waals surface area contributed by atoms with Gasteiger partial charge in [0.1, 0.15) is 0 Å². The van der Waals surface area contributed by atoms with E-state index in [-0.39, 0.29) is 28.4 Å². The second kappa shape index (κ2) is 7.65. The lowest BCUT2D eigenvalue weighted by molar-refractivity contribution is -0.161. The van der Waals surface area contributed by atoms with Crippen LogP contribution in [-0.4, -0.2) is 23.1 Å². The number of Topliss-reactive ketones (excluding diaryl/α,β-unsaturated/α-hetero) is 1. The summed E-state index contributed by atoms with van der Waals surface area (Å²) in [6.07, 6.45) is 9.03. The standard InChI is InChI=1S/C29H36O4/c1-18-5-7-20(8-6-18)26(32)33-29(19(2)30)16-13-25-23-10-9-21-17-22(31)11-14-27(21,3)24(23)12-15-28(25,29)4/h5-8,17,23-25H,9-16H2,1-4H3/t23?,24?,25?,27-,28-,29-/m0/s1. The minimum Gasteiger partial charge on any atom is -0.447 e. The first-order valence-corrected chi connectivity index (χ1v) is 12.7. The number of ketones is 2. The number of carbonyl (C=O) groups excluding carboxylic acids is 3. The highest BCUT2D eigenvalue weighted by Crippen LogP contribution is 2.68. The minimum absolute atomic E-state index is 0.0164. The summed E-state index contributed by atoms with van der Waals surface area (Å²) in [6.45, 7) is 8.18. The van der Waals surface area contributed by atoms with Crippen molar-refractivity contribution in [1.29, 1.82) is 0 Å². The number of allylic oxidation sites excluding steroid dienone is 1. The third kappa shape index (κ3) is 3.19. The molecular formula is C29H36O4. The zero-order valence-corrected chi connectivity index (χ0v) is 20.4. The molecule has 3 unspecified atom stereocenters. The van der Waals surface area contributed by atoms with Crippen molar-refractivity contribution in [2.45, 2.75) is 84.7 Å². The third-order valence-corrected chi connectivity index (χ3v) is 10.2. The predicted molar refractivity (Wildman–Crippen MR) is 127 cm³/mol. The van der Waals surface area contributed by atoms with Gasteiger partial charge in [-0.2, -0.15) is 0 Å². The quantitative estimate of drug-likeness (QED) is 0.531. The van der Waals surface area contributed by atoms with E-state index < -0.39 is 5.60 Å². The fraction of sp³-hybridized carbons (Fsp3) is 0.621. The Morgan fingerprint density at radius 2 is 1.64 bits per heavy atom. The molecule has 0 amide bonds. The molecular weight excluding hydrogens is 412 g/mol. The van der Waals surface area contributed by atoms with E-state index >= 15 is 0 Å². The predicted octanol–water partition coefficient (Wildman–Crippen LogP) is 6.01. The van der Waals surface area contributed by atoms with Crippen molar-refractivity contribution in [3.8, 4) is 0 Å². The van der Waals surface area contributed by atoms with Gasteiger partial charge in [-0.15, -0.1) is 0 Å². The van der Waals surface area contributed by atoms with Crippen LogP contribution in [0.15, 0.2) is 35.9 Å². The van der Waals surface area contributed by atoms with Crippen LogP contribution >= 0.6 is 0 Å². The molecule has 3 fully saturated rings. The fourth-order valence-corrected chi connectivity index (χ4v) is 8.28. The number of ether oxygens (including phenoxy) is 1. The van der Waals surface area contributed by atoms with Gasteiger partial charge in [0.25, 0.3) is 0 Å². The smallest absolute Gasteiger partial charge is 0.339 e. The molecule has 0 aliphatic heterocycles. The van der Waals surface area contributed by atoms with E-state index in [4.69, 9.17) is 4.74 Å². The Morgan fingerprint density at radius 3 is 2.33 bits per heavy atom. The number of hydrogen-bond donors (Lipinski definition) is 0. The lowest BCUT2D eigenvalue weighted by Gasteiger charge is -2.59. The summed E-state index contributed by atoms with van der Waals surface area (Å²) in [5, 5.41) is 0. The molecule has 1 aromatic rings. The molecule has 0 bridgehead atoms. The molecule has 4 heteroatoms. The normalized spacial score (nSPS) is 39.7. The fourth-order valence-electron chi connectivity index (χ4n) is 8.28. The van der Waals surface area contributed by atoms with Crippen molar-refractivity contribution in [2.75, 3.05) is 0 Å². The first kappa shape index (κ1) is 22.6. The summed E-state index contributed by atoms with van der Waals surface area (Å²) < 4.78 is 6.24. The van der Waals surface area contributed by atoms with Gasteiger partial charge in [-0.05, 0) is 100 Å². The number of hydrogen-bond acceptors (Lipinski definition) is 4. The van der Waals surface area contributed by atoms with Crippen molar-refractivity contribution in [2.24, 2.45) is 28.6 Å². The third-order valence-electron chi connectivity index (χ3n) is 10.2. The Labute approximate surface area is 197 Å². The Hall–Kier alpha value is -2.23. The molecule has 0 spiro atoms. The molecule has 5 rings (SSSR count). The van der Waals surface area contributed by atoms with Crippen LogP contribution in [0.4, 0.5) is 0 Å². The minimum atomic E-state index is -1.05. The molecule has 4 nitrogen and oxygen atoms in total. The van der Waals surface area contributed by atoms with Crippen LogP contribution in [0.2, 0.25) is 0 Å².